The Balaban J connectivity index is 1.39. The maximum absolute atomic E-state index is 10.7. The molecule has 0 fully saturated rings. The Labute approximate surface area is 168 Å². The van der Waals surface area contributed by atoms with E-state index in [-0.39, 0.29) is 5.69 Å². The summed E-state index contributed by atoms with van der Waals surface area (Å²) >= 11 is 1.57. The van der Waals surface area contributed by atoms with E-state index in [1.807, 2.05) is 35.7 Å². The van der Waals surface area contributed by atoms with Crippen molar-refractivity contribution in [3.05, 3.63) is 82.0 Å². The summed E-state index contributed by atoms with van der Waals surface area (Å²) in [5.74, 6) is 1.18. The third kappa shape index (κ3) is 3.27. The van der Waals surface area contributed by atoms with Crippen molar-refractivity contribution in [2.75, 3.05) is 0 Å². The van der Waals surface area contributed by atoms with Crippen LogP contribution in [0.15, 0.2) is 66.3 Å². The van der Waals surface area contributed by atoms with Gasteiger partial charge in [0.15, 0.2) is 11.5 Å². The van der Waals surface area contributed by atoms with Crippen LogP contribution < -0.4 is 4.74 Å². The van der Waals surface area contributed by atoms with E-state index in [4.69, 9.17) is 4.74 Å². The Hall–Kier alpha value is -3.85. The average Bonchev–Trinajstić information content (AvgIpc) is 3.39. The maximum Gasteiger partial charge on any atom is 0.269 e. The van der Waals surface area contributed by atoms with Gasteiger partial charge in [0.1, 0.15) is 23.5 Å². The number of benzene rings is 2. The first kappa shape index (κ1) is 17.3. The highest BCUT2D eigenvalue weighted by Crippen LogP contribution is 2.25. The van der Waals surface area contributed by atoms with Crippen LogP contribution in [0.25, 0.3) is 27.3 Å². The van der Waals surface area contributed by atoms with E-state index < -0.39 is 4.92 Å². The molecule has 29 heavy (non-hydrogen) atoms. The van der Waals surface area contributed by atoms with E-state index in [2.05, 4.69) is 15.1 Å². The minimum atomic E-state index is -0.436. The van der Waals surface area contributed by atoms with Gasteiger partial charge in [-0.2, -0.15) is 0 Å². The first-order chi connectivity index (χ1) is 14.2. The molecule has 0 aliphatic carbocycles. The van der Waals surface area contributed by atoms with Gasteiger partial charge in [-0.25, -0.2) is 14.5 Å². The molecule has 9 heteroatoms. The number of hydrogen-bond donors (Lipinski definition) is 0. The van der Waals surface area contributed by atoms with Crippen molar-refractivity contribution in [3.63, 3.8) is 0 Å². The molecule has 2 aromatic carbocycles. The third-order valence-electron chi connectivity index (χ3n) is 4.44. The largest absolute Gasteiger partial charge is 0.489 e. The maximum atomic E-state index is 10.7. The van der Waals surface area contributed by atoms with Crippen LogP contribution in [0.4, 0.5) is 5.69 Å². The lowest BCUT2D eigenvalue weighted by Crippen LogP contribution is -1.96. The molecule has 0 saturated heterocycles. The molecule has 0 atom stereocenters. The molecule has 0 saturated carbocycles. The van der Waals surface area contributed by atoms with Crippen LogP contribution in [0.5, 0.6) is 5.75 Å². The van der Waals surface area contributed by atoms with E-state index >= 15 is 0 Å². The molecule has 5 rings (SSSR count). The van der Waals surface area contributed by atoms with Gasteiger partial charge in [-0.05, 0) is 35.2 Å². The van der Waals surface area contributed by atoms with Crippen molar-refractivity contribution in [1.29, 1.82) is 0 Å². The van der Waals surface area contributed by atoms with Gasteiger partial charge in [0.2, 0.25) is 0 Å². The molecule has 3 aromatic heterocycles. The quantitative estimate of drug-likeness (QED) is 0.317. The number of non-ortho nitro benzene ring substituents is 1. The Morgan fingerprint density at radius 1 is 1.14 bits per heavy atom. The van der Waals surface area contributed by atoms with E-state index in [1.165, 1.54) is 12.1 Å². The van der Waals surface area contributed by atoms with Crippen molar-refractivity contribution in [2.24, 2.45) is 0 Å². The second-order valence-electron chi connectivity index (χ2n) is 6.33. The number of hydrogen-bond acceptors (Lipinski definition) is 7. The van der Waals surface area contributed by atoms with Gasteiger partial charge in [0, 0.05) is 17.7 Å². The first-order valence-corrected chi connectivity index (χ1v) is 9.60. The molecule has 0 amide bonds. The number of aromatic nitrogens is 4. The van der Waals surface area contributed by atoms with Gasteiger partial charge >= 0.3 is 0 Å². The summed E-state index contributed by atoms with van der Waals surface area (Å²) in [5, 5.41) is 18.2. The van der Waals surface area contributed by atoms with Gasteiger partial charge in [0.25, 0.3) is 5.69 Å². The monoisotopic (exact) mass is 403 g/mol. The van der Waals surface area contributed by atoms with Crippen LogP contribution in [0, 0.1) is 10.1 Å². The number of nitro groups is 1. The fourth-order valence-electron chi connectivity index (χ4n) is 3.02. The summed E-state index contributed by atoms with van der Waals surface area (Å²) in [5.41, 5.74) is 2.63. The van der Waals surface area contributed by atoms with Crippen molar-refractivity contribution in [3.8, 4) is 17.1 Å². The van der Waals surface area contributed by atoms with Crippen LogP contribution in [-0.4, -0.2) is 24.5 Å². The smallest absolute Gasteiger partial charge is 0.269 e. The summed E-state index contributed by atoms with van der Waals surface area (Å²) < 4.78 is 7.43. The number of rotatable bonds is 5. The zero-order chi connectivity index (χ0) is 19.8. The molecular weight excluding hydrogens is 390 g/mol. The molecule has 8 nitrogen and oxygen atoms in total. The number of ether oxygens (including phenoxy) is 1. The summed E-state index contributed by atoms with van der Waals surface area (Å²) in [7, 11) is 0. The van der Waals surface area contributed by atoms with Crippen molar-refractivity contribution < 1.29 is 9.66 Å². The second kappa shape index (κ2) is 6.95. The molecular formula is C20H13N5O3S. The van der Waals surface area contributed by atoms with Crippen molar-refractivity contribution in [2.45, 2.75) is 6.61 Å². The summed E-state index contributed by atoms with van der Waals surface area (Å²) in [4.78, 5) is 20.3. The molecule has 142 valence electrons. The second-order valence-corrected chi connectivity index (χ2v) is 7.22. The molecule has 0 aliphatic rings. The molecule has 3 heterocycles. The number of thiophene rings is 1. The van der Waals surface area contributed by atoms with Gasteiger partial charge in [-0.15, -0.1) is 16.4 Å². The van der Waals surface area contributed by atoms with Crippen LogP contribution in [0.1, 0.15) is 5.56 Å². The number of fused-ring (bicyclic) bond motifs is 3. The zero-order valence-corrected chi connectivity index (χ0v) is 15.7. The highest BCUT2D eigenvalue weighted by atomic mass is 32.1. The molecule has 0 unspecified atom stereocenters. The minimum Gasteiger partial charge on any atom is -0.489 e. The highest BCUT2D eigenvalue weighted by molar-refractivity contribution is 7.16. The van der Waals surface area contributed by atoms with Gasteiger partial charge in [-0.3, -0.25) is 10.1 Å². The van der Waals surface area contributed by atoms with Crippen molar-refractivity contribution in [1.82, 2.24) is 19.6 Å². The standard InChI is InChI=1S/C20H13N5O3S/c26-25(27)15-4-6-16(7-5-15)28-11-13-2-1-3-14(10-13)18-22-19-17-8-9-29-20(17)21-12-24(19)23-18/h1-10,12H,11H2. The van der Waals surface area contributed by atoms with Crippen molar-refractivity contribution >= 4 is 32.9 Å². The Morgan fingerprint density at radius 2 is 2.00 bits per heavy atom. The topological polar surface area (TPSA) is 95.5 Å². The Morgan fingerprint density at radius 3 is 2.83 bits per heavy atom. The fraction of sp³-hybridized carbons (Fsp3) is 0.0500. The molecule has 5 aromatic rings. The van der Waals surface area contributed by atoms with Gasteiger partial charge in [0.05, 0.1) is 10.3 Å². The van der Waals surface area contributed by atoms with E-state index in [0.29, 0.717) is 18.2 Å². The lowest BCUT2D eigenvalue weighted by atomic mass is 10.1. The summed E-state index contributed by atoms with van der Waals surface area (Å²) in [6, 6.07) is 15.8. The predicted octanol–water partition coefficient (Wildman–Crippen LogP) is 4.49. The van der Waals surface area contributed by atoms with Crippen LogP contribution >= 0.6 is 11.3 Å². The lowest BCUT2D eigenvalue weighted by Gasteiger charge is -2.07. The van der Waals surface area contributed by atoms with E-state index in [0.717, 1.165) is 27.0 Å². The SMILES string of the molecule is O=[N+]([O-])c1ccc(OCc2cccc(-c3nc4c5ccsc5ncn4n3)c2)cc1. The van der Waals surface area contributed by atoms with Crippen LogP contribution in [-0.2, 0) is 6.61 Å². The fourth-order valence-corrected chi connectivity index (χ4v) is 3.75. The molecule has 0 N–H and O–H groups in total. The lowest BCUT2D eigenvalue weighted by molar-refractivity contribution is -0.384. The molecule has 0 radical (unpaired) electrons. The van der Waals surface area contributed by atoms with E-state index in [1.54, 1.807) is 34.3 Å². The third-order valence-corrected chi connectivity index (χ3v) is 5.26. The average molecular weight is 403 g/mol. The zero-order valence-electron chi connectivity index (χ0n) is 14.9. The Kier molecular flexibility index (Phi) is 4.14. The first-order valence-electron chi connectivity index (χ1n) is 8.72. The highest BCUT2D eigenvalue weighted by Gasteiger charge is 2.11. The van der Waals surface area contributed by atoms with Crippen LogP contribution in [0.2, 0.25) is 0 Å². The molecule has 0 bridgehead atoms. The number of nitro benzene ring substituents is 1. The number of nitrogens with zero attached hydrogens (tertiary/aromatic N) is 5. The van der Waals surface area contributed by atoms with Crippen LogP contribution in [0.3, 0.4) is 0 Å². The van der Waals surface area contributed by atoms with Gasteiger partial charge in [-0.1, -0.05) is 18.2 Å². The van der Waals surface area contributed by atoms with Gasteiger partial charge < -0.3 is 4.74 Å². The summed E-state index contributed by atoms with van der Waals surface area (Å²) in [6.07, 6.45) is 1.67. The molecule has 0 aliphatic heterocycles. The van der Waals surface area contributed by atoms with E-state index in [9.17, 15) is 10.1 Å². The molecule has 0 spiro atoms. The predicted molar refractivity (Wildman–Crippen MR) is 109 cm³/mol. The Bertz CT molecular complexity index is 1340. The normalized spacial score (nSPS) is 11.2. The summed E-state index contributed by atoms with van der Waals surface area (Å²) in [6.45, 7) is 0.329. The minimum absolute atomic E-state index is 0.0338.